The number of halogens is 2. The molecule has 2 unspecified atom stereocenters. The predicted molar refractivity (Wildman–Crippen MR) is 138 cm³/mol. The summed E-state index contributed by atoms with van der Waals surface area (Å²) in [5.41, 5.74) is 0.689. The number of alkyl halides is 2. The molecule has 0 heterocycles. The average molecular weight is 515 g/mol. The molecule has 4 rings (SSSR count). The Kier molecular flexibility index (Phi) is 7.63. The number of rotatable bonds is 6. The second kappa shape index (κ2) is 9.77. The molecule has 0 spiro atoms. The maximum atomic E-state index is 12.4. The Morgan fingerprint density at radius 1 is 1.03 bits per heavy atom. The molecular weight excluding hydrogens is 469 g/mol. The van der Waals surface area contributed by atoms with Crippen molar-refractivity contribution in [3.8, 4) is 0 Å². The Morgan fingerprint density at radius 3 is 2.38 bits per heavy atom. The van der Waals surface area contributed by atoms with E-state index in [0.29, 0.717) is 41.5 Å². The Hall–Kier alpha value is -0.480. The van der Waals surface area contributed by atoms with Gasteiger partial charge in [0, 0.05) is 13.5 Å². The number of carbonyl (C=O) groups is 2. The van der Waals surface area contributed by atoms with Crippen LogP contribution in [0, 0.1) is 46.3 Å². The summed E-state index contributed by atoms with van der Waals surface area (Å²) in [7, 11) is 0. The van der Waals surface area contributed by atoms with Crippen LogP contribution in [0.1, 0.15) is 98.8 Å². The first-order valence-electron chi connectivity index (χ1n) is 13.8. The quantitative estimate of drug-likeness (QED) is 0.309. The minimum Gasteiger partial charge on any atom is -0.463 e. The summed E-state index contributed by atoms with van der Waals surface area (Å²) in [6.45, 7) is 11.3. The van der Waals surface area contributed by atoms with E-state index in [9.17, 15) is 9.59 Å². The summed E-state index contributed by atoms with van der Waals surface area (Å²) >= 11 is 13.1. The van der Waals surface area contributed by atoms with Gasteiger partial charge in [0.1, 0.15) is 6.10 Å². The Balaban J connectivity index is 1.46. The molecule has 194 valence electrons. The SMILES string of the molecule is CCNC(=O)C(Cl)(Cl)C[C@@H](C)[C@H]1CC[C@H]2[C@@H]3CCC4CC(OC(C)=O)CC[C@]4(C)[C@H]3CC[C@]12C. The van der Waals surface area contributed by atoms with Crippen LogP contribution in [0.3, 0.4) is 0 Å². The van der Waals surface area contributed by atoms with Crippen LogP contribution in [-0.2, 0) is 14.3 Å². The number of carbonyl (C=O) groups excluding carboxylic acids is 2. The normalized spacial score (nSPS) is 42.7. The smallest absolute Gasteiger partial charge is 0.302 e. The number of ether oxygens (including phenoxy) is 1. The third kappa shape index (κ3) is 4.64. The minimum atomic E-state index is -1.35. The van der Waals surface area contributed by atoms with Gasteiger partial charge in [-0.3, -0.25) is 9.59 Å². The van der Waals surface area contributed by atoms with Gasteiger partial charge in [-0.15, -0.1) is 0 Å². The molecule has 0 radical (unpaired) electrons. The van der Waals surface area contributed by atoms with Gasteiger partial charge in [0.25, 0.3) is 5.91 Å². The van der Waals surface area contributed by atoms with Gasteiger partial charge in [-0.1, -0.05) is 44.0 Å². The van der Waals surface area contributed by atoms with Gasteiger partial charge in [0.05, 0.1) is 0 Å². The van der Waals surface area contributed by atoms with E-state index >= 15 is 0 Å². The van der Waals surface area contributed by atoms with Crippen molar-refractivity contribution < 1.29 is 14.3 Å². The monoisotopic (exact) mass is 513 g/mol. The molecule has 0 aliphatic heterocycles. The maximum Gasteiger partial charge on any atom is 0.302 e. The molecule has 0 aromatic carbocycles. The van der Waals surface area contributed by atoms with Crippen molar-refractivity contribution in [2.75, 3.05) is 6.54 Å². The molecule has 6 heteroatoms. The lowest BCUT2D eigenvalue weighted by Gasteiger charge is -2.61. The van der Waals surface area contributed by atoms with Crippen molar-refractivity contribution in [1.82, 2.24) is 5.32 Å². The first kappa shape index (κ1) is 26.6. The van der Waals surface area contributed by atoms with Gasteiger partial charge in [0.2, 0.25) is 0 Å². The lowest BCUT2D eigenvalue weighted by molar-refractivity contribution is -0.160. The molecule has 0 aromatic rings. The fourth-order valence-corrected chi connectivity index (χ4v) is 10.1. The molecule has 4 saturated carbocycles. The Labute approximate surface area is 216 Å². The molecule has 1 N–H and O–H groups in total. The lowest BCUT2D eigenvalue weighted by Crippen LogP contribution is -2.54. The van der Waals surface area contributed by atoms with E-state index in [1.807, 2.05) is 6.92 Å². The Bertz CT molecular complexity index is 788. The van der Waals surface area contributed by atoms with E-state index in [2.05, 4.69) is 26.1 Å². The molecule has 4 aliphatic rings. The molecule has 0 bridgehead atoms. The second-order valence-electron chi connectivity index (χ2n) is 12.6. The molecule has 0 aromatic heterocycles. The van der Waals surface area contributed by atoms with Gasteiger partial charge >= 0.3 is 5.97 Å². The van der Waals surface area contributed by atoms with E-state index in [1.165, 1.54) is 44.9 Å². The molecule has 0 saturated heterocycles. The van der Waals surface area contributed by atoms with E-state index in [0.717, 1.165) is 30.6 Å². The van der Waals surface area contributed by atoms with Gasteiger partial charge in [-0.25, -0.2) is 0 Å². The topological polar surface area (TPSA) is 55.4 Å². The number of fused-ring (bicyclic) bond motifs is 5. The summed E-state index contributed by atoms with van der Waals surface area (Å²) < 4.78 is 4.28. The Morgan fingerprint density at radius 2 is 1.71 bits per heavy atom. The van der Waals surface area contributed by atoms with E-state index < -0.39 is 4.33 Å². The molecule has 34 heavy (non-hydrogen) atoms. The fraction of sp³-hybridized carbons (Fsp3) is 0.929. The van der Waals surface area contributed by atoms with Crippen LogP contribution in [0.2, 0.25) is 0 Å². The molecular formula is C28H45Cl2NO3. The van der Waals surface area contributed by atoms with E-state index in [4.69, 9.17) is 27.9 Å². The second-order valence-corrected chi connectivity index (χ2v) is 14.1. The number of esters is 1. The molecule has 1 amide bonds. The van der Waals surface area contributed by atoms with Crippen LogP contribution in [0.4, 0.5) is 0 Å². The van der Waals surface area contributed by atoms with Gasteiger partial charge in [-0.2, -0.15) is 0 Å². The number of amides is 1. The van der Waals surface area contributed by atoms with Crippen molar-refractivity contribution in [2.24, 2.45) is 46.3 Å². The highest BCUT2D eigenvalue weighted by Gasteiger charge is 2.61. The summed E-state index contributed by atoms with van der Waals surface area (Å²) in [5, 5.41) is 2.80. The van der Waals surface area contributed by atoms with Crippen molar-refractivity contribution in [3.05, 3.63) is 0 Å². The van der Waals surface area contributed by atoms with Crippen LogP contribution >= 0.6 is 23.2 Å². The van der Waals surface area contributed by atoms with Gasteiger partial charge in [0.15, 0.2) is 4.33 Å². The van der Waals surface area contributed by atoms with Crippen molar-refractivity contribution in [3.63, 3.8) is 0 Å². The highest BCUT2D eigenvalue weighted by Crippen LogP contribution is 2.68. The van der Waals surface area contributed by atoms with Crippen LogP contribution in [0.25, 0.3) is 0 Å². The molecule has 9 atom stereocenters. The predicted octanol–water partition coefficient (Wildman–Crippen LogP) is 6.91. The highest BCUT2D eigenvalue weighted by molar-refractivity contribution is 6.58. The summed E-state index contributed by atoms with van der Waals surface area (Å²) in [6.07, 6.45) is 11.6. The molecule has 4 aliphatic carbocycles. The zero-order chi connectivity index (χ0) is 24.9. The first-order valence-corrected chi connectivity index (χ1v) is 14.5. The van der Waals surface area contributed by atoms with E-state index in [-0.39, 0.29) is 18.0 Å². The van der Waals surface area contributed by atoms with Crippen molar-refractivity contribution >= 4 is 35.1 Å². The third-order valence-electron chi connectivity index (χ3n) is 11.0. The van der Waals surface area contributed by atoms with Gasteiger partial charge < -0.3 is 10.1 Å². The highest BCUT2D eigenvalue weighted by atomic mass is 35.5. The maximum absolute atomic E-state index is 12.4. The van der Waals surface area contributed by atoms with Gasteiger partial charge in [-0.05, 0) is 117 Å². The van der Waals surface area contributed by atoms with E-state index in [1.54, 1.807) is 6.92 Å². The number of hydrogen-bond acceptors (Lipinski definition) is 3. The molecule has 4 fully saturated rings. The largest absolute Gasteiger partial charge is 0.463 e. The summed E-state index contributed by atoms with van der Waals surface area (Å²) in [5.74, 6) is 3.50. The van der Waals surface area contributed by atoms with Crippen molar-refractivity contribution in [1.29, 1.82) is 0 Å². The summed E-state index contributed by atoms with van der Waals surface area (Å²) in [4.78, 5) is 23.9. The standard InChI is InChI=1S/C28H45Cl2NO3/c1-6-31-25(33)28(29,30)16-17(2)22-9-10-23-21-8-7-19-15-20(34-18(3)32)11-13-26(19,4)24(21)12-14-27(22,23)5/h17,19-24H,6-16H2,1-5H3,(H,31,33)/t17-,19?,20?,21+,22-,23+,24+,26+,27-/m1/s1. The lowest BCUT2D eigenvalue weighted by atomic mass is 9.44. The zero-order valence-electron chi connectivity index (χ0n) is 21.8. The van der Waals surface area contributed by atoms with Crippen LogP contribution in [-0.4, -0.2) is 28.9 Å². The fourth-order valence-electron chi connectivity index (χ4n) is 9.46. The van der Waals surface area contributed by atoms with Crippen LogP contribution < -0.4 is 5.32 Å². The number of nitrogens with one attached hydrogen (secondary N) is 1. The summed E-state index contributed by atoms with van der Waals surface area (Å²) in [6, 6.07) is 0. The number of hydrogen-bond donors (Lipinski definition) is 1. The van der Waals surface area contributed by atoms with Crippen LogP contribution in [0.15, 0.2) is 0 Å². The minimum absolute atomic E-state index is 0.119. The van der Waals surface area contributed by atoms with Crippen molar-refractivity contribution in [2.45, 2.75) is 109 Å². The zero-order valence-corrected chi connectivity index (χ0v) is 23.3. The molecule has 4 nitrogen and oxygen atoms in total. The third-order valence-corrected chi connectivity index (χ3v) is 11.6. The van der Waals surface area contributed by atoms with Crippen LogP contribution in [0.5, 0.6) is 0 Å². The average Bonchev–Trinajstić information content (AvgIpc) is 3.11. The first-order chi connectivity index (χ1) is 15.9.